The number of hydrogen-bond donors (Lipinski definition) is 0. The molecule has 0 aromatic heterocycles. The van der Waals surface area contributed by atoms with Crippen LogP contribution in [0.4, 0.5) is 9.18 Å². The standard InChI is InChI=1S/C20H32FN2O3P/c1-14-13-23(19(24)26-20(3,4)5)15(2)12-22(14)18(27(6,7)25)16-8-10-17(21)11-9-16/h8-11,14-15,18H,12-13H2,1-7H3/t14-,15+,18?/m1/s1. The van der Waals surface area contributed by atoms with Crippen LogP contribution in [0.2, 0.25) is 0 Å². The molecule has 1 aliphatic heterocycles. The molecule has 1 aromatic carbocycles. The largest absolute Gasteiger partial charge is 0.444 e. The van der Waals surface area contributed by atoms with E-state index < -0.39 is 12.7 Å². The van der Waals surface area contributed by atoms with Gasteiger partial charge in [-0.25, -0.2) is 9.18 Å². The van der Waals surface area contributed by atoms with Crippen LogP contribution in [-0.4, -0.2) is 60.0 Å². The smallest absolute Gasteiger partial charge is 0.410 e. The van der Waals surface area contributed by atoms with Gasteiger partial charge >= 0.3 is 6.09 Å². The minimum Gasteiger partial charge on any atom is -0.444 e. The van der Waals surface area contributed by atoms with E-state index in [0.29, 0.717) is 13.1 Å². The Morgan fingerprint density at radius 1 is 1.15 bits per heavy atom. The predicted octanol–water partition coefficient (Wildman–Crippen LogP) is 4.78. The Balaban J connectivity index is 2.26. The highest BCUT2D eigenvalue weighted by Gasteiger charge is 2.41. The lowest BCUT2D eigenvalue weighted by Gasteiger charge is -2.48. The molecule has 1 aliphatic rings. The first-order valence-corrected chi connectivity index (χ1v) is 12.0. The highest BCUT2D eigenvalue weighted by molar-refractivity contribution is 7.62. The number of nitrogens with zero attached hydrogens (tertiary/aromatic N) is 2. The topological polar surface area (TPSA) is 49.9 Å². The highest BCUT2D eigenvalue weighted by Crippen LogP contribution is 2.55. The lowest BCUT2D eigenvalue weighted by molar-refractivity contribution is -0.0132. The van der Waals surface area contributed by atoms with Crippen molar-refractivity contribution in [3.8, 4) is 0 Å². The fourth-order valence-corrected chi connectivity index (χ4v) is 5.54. The molecule has 1 unspecified atom stereocenters. The molecule has 0 bridgehead atoms. The molecule has 0 spiro atoms. The fourth-order valence-electron chi connectivity index (χ4n) is 3.61. The van der Waals surface area contributed by atoms with Gasteiger partial charge in [-0.2, -0.15) is 0 Å². The third kappa shape index (κ3) is 5.55. The molecule has 5 nitrogen and oxygen atoms in total. The first-order chi connectivity index (χ1) is 12.3. The molecule has 0 radical (unpaired) electrons. The number of hydrogen-bond acceptors (Lipinski definition) is 4. The first-order valence-electron chi connectivity index (χ1n) is 9.35. The Morgan fingerprint density at radius 2 is 1.70 bits per heavy atom. The third-order valence-corrected chi connectivity index (χ3v) is 6.51. The summed E-state index contributed by atoms with van der Waals surface area (Å²) in [5, 5.41) is 0. The monoisotopic (exact) mass is 398 g/mol. The van der Waals surface area contributed by atoms with Crippen LogP contribution in [0.3, 0.4) is 0 Å². The molecule has 3 atom stereocenters. The number of ether oxygens (including phenoxy) is 1. The van der Waals surface area contributed by atoms with Gasteiger partial charge in [-0.15, -0.1) is 0 Å². The lowest BCUT2D eigenvalue weighted by Crippen LogP contribution is -2.59. The van der Waals surface area contributed by atoms with Gasteiger partial charge in [0.05, 0.1) is 5.78 Å². The van der Waals surface area contributed by atoms with Crippen LogP contribution in [-0.2, 0) is 9.30 Å². The Labute approximate surface area is 162 Å². The summed E-state index contributed by atoms with van der Waals surface area (Å²) in [5.74, 6) is -0.618. The van der Waals surface area contributed by atoms with Crippen molar-refractivity contribution in [1.82, 2.24) is 9.80 Å². The molecule has 7 heteroatoms. The molecular formula is C20H32FN2O3P. The maximum Gasteiger partial charge on any atom is 0.410 e. The van der Waals surface area contributed by atoms with E-state index in [-0.39, 0.29) is 29.8 Å². The third-order valence-electron chi connectivity index (χ3n) is 4.73. The molecule has 1 saturated heterocycles. The number of piperazine rings is 1. The second-order valence-corrected chi connectivity index (χ2v) is 12.2. The van der Waals surface area contributed by atoms with E-state index in [1.165, 1.54) is 12.1 Å². The number of rotatable bonds is 3. The van der Waals surface area contributed by atoms with E-state index in [4.69, 9.17) is 4.74 Å². The Bertz CT molecular complexity index is 711. The quantitative estimate of drug-likeness (QED) is 0.688. The second-order valence-electron chi connectivity index (χ2n) is 8.89. The van der Waals surface area contributed by atoms with Gasteiger partial charge in [-0.05, 0) is 65.6 Å². The Hall–Kier alpha value is -1.39. The fraction of sp³-hybridized carbons (Fsp3) is 0.650. The molecule has 152 valence electrons. The zero-order valence-electron chi connectivity index (χ0n) is 17.4. The molecule has 2 rings (SSSR count). The van der Waals surface area contributed by atoms with Gasteiger partial charge in [-0.1, -0.05) is 12.1 Å². The van der Waals surface area contributed by atoms with Crippen LogP contribution in [0, 0.1) is 5.82 Å². The van der Waals surface area contributed by atoms with Crippen molar-refractivity contribution < 1.29 is 18.5 Å². The van der Waals surface area contributed by atoms with Crippen LogP contribution in [0.1, 0.15) is 46.0 Å². The number of carbonyl (C=O) groups excluding carboxylic acids is 1. The van der Waals surface area contributed by atoms with Gasteiger partial charge in [0.25, 0.3) is 0 Å². The van der Waals surface area contributed by atoms with E-state index in [9.17, 15) is 13.8 Å². The normalized spacial score (nSPS) is 23.2. The molecule has 1 aromatic rings. The summed E-state index contributed by atoms with van der Waals surface area (Å²) >= 11 is 0. The summed E-state index contributed by atoms with van der Waals surface area (Å²) in [7, 11) is -2.55. The minimum atomic E-state index is -2.55. The van der Waals surface area contributed by atoms with Crippen molar-refractivity contribution in [3.63, 3.8) is 0 Å². The second kappa shape index (κ2) is 7.92. The van der Waals surface area contributed by atoms with E-state index in [1.54, 1.807) is 30.4 Å². The van der Waals surface area contributed by atoms with Gasteiger partial charge < -0.3 is 14.2 Å². The Kier molecular flexibility index (Phi) is 6.43. The summed E-state index contributed by atoms with van der Waals surface area (Å²) in [6, 6.07) is 6.14. The number of halogens is 1. The van der Waals surface area contributed by atoms with Crippen molar-refractivity contribution in [3.05, 3.63) is 35.6 Å². The van der Waals surface area contributed by atoms with Gasteiger partial charge in [0.2, 0.25) is 0 Å². The van der Waals surface area contributed by atoms with Gasteiger partial charge in [-0.3, -0.25) is 4.90 Å². The Morgan fingerprint density at radius 3 is 2.19 bits per heavy atom. The van der Waals surface area contributed by atoms with Crippen molar-refractivity contribution in [1.29, 1.82) is 0 Å². The van der Waals surface area contributed by atoms with Crippen molar-refractivity contribution in [2.24, 2.45) is 0 Å². The SMILES string of the molecule is C[C@@H]1CN(C(=O)OC(C)(C)C)[C@@H](C)CN1C(c1ccc(F)cc1)P(C)(C)=O. The average Bonchev–Trinajstić information content (AvgIpc) is 2.49. The van der Waals surface area contributed by atoms with Crippen molar-refractivity contribution >= 4 is 13.2 Å². The summed E-state index contributed by atoms with van der Waals surface area (Å²) in [6.45, 7) is 14.1. The summed E-state index contributed by atoms with van der Waals surface area (Å²) < 4.78 is 32.0. The summed E-state index contributed by atoms with van der Waals surface area (Å²) in [4.78, 5) is 16.5. The van der Waals surface area contributed by atoms with E-state index >= 15 is 0 Å². The zero-order chi connectivity index (χ0) is 20.6. The molecule has 0 N–H and O–H groups in total. The molecule has 1 heterocycles. The van der Waals surface area contributed by atoms with E-state index in [1.807, 2.05) is 34.6 Å². The molecule has 0 saturated carbocycles. The van der Waals surface area contributed by atoms with Crippen molar-refractivity contribution in [2.45, 2.75) is 58.1 Å². The number of benzene rings is 1. The van der Waals surface area contributed by atoms with Gasteiger partial charge in [0, 0.05) is 25.2 Å². The first kappa shape index (κ1) is 21.9. The summed E-state index contributed by atoms with van der Waals surface area (Å²) in [5.41, 5.74) is 0.297. The highest BCUT2D eigenvalue weighted by atomic mass is 31.2. The van der Waals surface area contributed by atoms with E-state index in [0.717, 1.165) is 5.56 Å². The molecule has 1 amide bonds. The molecule has 27 heavy (non-hydrogen) atoms. The minimum absolute atomic E-state index is 0.00278. The average molecular weight is 398 g/mol. The van der Waals surface area contributed by atoms with Gasteiger partial charge in [0.1, 0.15) is 18.6 Å². The maximum atomic E-state index is 13.4. The van der Waals surface area contributed by atoms with Crippen LogP contribution in [0.25, 0.3) is 0 Å². The summed E-state index contributed by atoms with van der Waals surface area (Å²) in [6.07, 6.45) is -0.323. The number of carbonyl (C=O) groups is 1. The van der Waals surface area contributed by atoms with E-state index in [2.05, 4.69) is 4.90 Å². The van der Waals surface area contributed by atoms with Crippen LogP contribution >= 0.6 is 7.14 Å². The van der Waals surface area contributed by atoms with Crippen LogP contribution in [0.15, 0.2) is 24.3 Å². The van der Waals surface area contributed by atoms with Crippen LogP contribution < -0.4 is 0 Å². The predicted molar refractivity (Wildman–Crippen MR) is 107 cm³/mol. The zero-order valence-corrected chi connectivity index (χ0v) is 18.3. The number of amides is 1. The van der Waals surface area contributed by atoms with Gasteiger partial charge in [0.15, 0.2) is 0 Å². The molecular weight excluding hydrogens is 366 g/mol. The van der Waals surface area contributed by atoms with Crippen molar-refractivity contribution in [2.75, 3.05) is 26.4 Å². The lowest BCUT2D eigenvalue weighted by atomic mass is 10.1. The van der Waals surface area contributed by atoms with Crippen LogP contribution in [0.5, 0.6) is 0 Å². The molecule has 0 aliphatic carbocycles. The maximum absolute atomic E-state index is 13.4. The molecule has 1 fully saturated rings.